The van der Waals surface area contributed by atoms with Crippen LogP contribution in [0.1, 0.15) is 25.0 Å². The minimum atomic E-state index is 0.751. The van der Waals surface area contributed by atoms with Crippen molar-refractivity contribution in [2.75, 3.05) is 20.3 Å². The quantitative estimate of drug-likeness (QED) is 0.762. The summed E-state index contributed by atoms with van der Waals surface area (Å²) in [6.45, 7) is 2.68. The Bertz CT molecular complexity index is 607. The van der Waals surface area contributed by atoms with Gasteiger partial charge in [-0.2, -0.15) is 0 Å². The average molecular weight is 308 g/mol. The van der Waals surface area contributed by atoms with E-state index in [-0.39, 0.29) is 0 Å². The molecule has 0 spiro atoms. The fourth-order valence-electron chi connectivity index (χ4n) is 2.58. The molecule has 0 amide bonds. The van der Waals surface area contributed by atoms with Crippen LogP contribution in [0.3, 0.4) is 0 Å². The number of nitrogens with zero attached hydrogens (tertiary/aromatic N) is 2. The first-order valence-electron chi connectivity index (χ1n) is 7.63. The van der Waals surface area contributed by atoms with Crippen LogP contribution in [0.15, 0.2) is 18.5 Å². The maximum absolute atomic E-state index is 6.29. The molecular formula is C16H22ClN3O. The molecule has 1 saturated carbocycles. The van der Waals surface area contributed by atoms with Gasteiger partial charge in [-0.15, -0.1) is 0 Å². The first-order chi connectivity index (χ1) is 10.3. The summed E-state index contributed by atoms with van der Waals surface area (Å²) < 4.78 is 7.33. The second-order valence-corrected chi connectivity index (χ2v) is 6.10. The highest BCUT2D eigenvalue weighted by molar-refractivity contribution is 6.35. The van der Waals surface area contributed by atoms with E-state index in [1.807, 2.05) is 12.4 Å². The van der Waals surface area contributed by atoms with Crippen molar-refractivity contribution in [3.63, 3.8) is 0 Å². The van der Waals surface area contributed by atoms with Gasteiger partial charge in [0.1, 0.15) is 0 Å². The summed E-state index contributed by atoms with van der Waals surface area (Å²) in [6.07, 6.45) is 8.49. The number of methoxy groups -OCH3 is 1. The van der Waals surface area contributed by atoms with Gasteiger partial charge in [-0.3, -0.25) is 4.98 Å². The number of fused-ring (bicyclic) bond motifs is 1. The van der Waals surface area contributed by atoms with E-state index in [1.165, 1.54) is 18.4 Å². The lowest BCUT2D eigenvalue weighted by molar-refractivity contribution is 0.190. The summed E-state index contributed by atoms with van der Waals surface area (Å²) in [5.41, 5.74) is 2.30. The first kappa shape index (κ1) is 14.8. The lowest BCUT2D eigenvalue weighted by Crippen LogP contribution is -2.19. The minimum absolute atomic E-state index is 0.751. The van der Waals surface area contributed by atoms with Crippen LogP contribution in [0, 0.1) is 0 Å². The van der Waals surface area contributed by atoms with Gasteiger partial charge in [0, 0.05) is 62.7 Å². The fraction of sp³-hybridized carbons (Fsp3) is 0.562. The Kier molecular flexibility index (Phi) is 4.78. The Balaban J connectivity index is 1.72. The van der Waals surface area contributed by atoms with Crippen molar-refractivity contribution < 1.29 is 4.74 Å². The van der Waals surface area contributed by atoms with E-state index in [4.69, 9.17) is 16.3 Å². The summed E-state index contributed by atoms with van der Waals surface area (Å²) in [5.74, 6) is 0. The third kappa shape index (κ3) is 3.76. The molecule has 0 aromatic carbocycles. The highest BCUT2D eigenvalue weighted by Crippen LogP contribution is 2.26. The Labute approximate surface area is 130 Å². The van der Waals surface area contributed by atoms with Crippen molar-refractivity contribution in [3.05, 3.63) is 29.2 Å². The number of aryl methyl sites for hydroxylation is 1. The van der Waals surface area contributed by atoms with E-state index in [0.717, 1.165) is 54.7 Å². The van der Waals surface area contributed by atoms with Crippen LogP contribution in [-0.2, 0) is 17.7 Å². The third-order valence-electron chi connectivity index (χ3n) is 3.91. The highest BCUT2D eigenvalue weighted by atomic mass is 35.5. The Hall–Kier alpha value is -1.10. The summed E-state index contributed by atoms with van der Waals surface area (Å²) in [4.78, 5) is 4.53. The number of pyridine rings is 1. The maximum atomic E-state index is 6.29. The Morgan fingerprint density at radius 2 is 2.33 bits per heavy atom. The zero-order valence-electron chi connectivity index (χ0n) is 12.4. The minimum Gasteiger partial charge on any atom is -0.385 e. The monoisotopic (exact) mass is 307 g/mol. The molecule has 0 unspecified atom stereocenters. The summed E-state index contributed by atoms with van der Waals surface area (Å²) in [6, 6.07) is 2.92. The smallest absolute Gasteiger partial charge is 0.0677 e. The first-order valence-corrected chi connectivity index (χ1v) is 8.01. The van der Waals surface area contributed by atoms with Crippen molar-refractivity contribution in [1.29, 1.82) is 0 Å². The number of rotatable bonds is 8. The largest absolute Gasteiger partial charge is 0.385 e. The van der Waals surface area contributed by atoms with Gasteiger partial charge < -0.3 is 14.6 Å². The van der Waals surface area contributed by atoms with Crippen molar-refractivity contribution in [3.8, 4) is 0 Å². The number of nitrogens with one attached hydrogen (secondary N) is 1. The van der Waals surface area contributed by atoms with Gasteiger partial charge in [-0.05, 0) is 25.3 Å². The lowest BCUT2D eigenvalue weighted by Gasteiger charge is -2.07. The normalized spacial score (nSPS) is 15.0. The number of ether oxygens (including phenoxy) is 1. The molecule has 4 nitrogen and oxygen atoms in total. The molecule has 2 aromatic rings. The number of hydrogen-bond donors (Lipinski definition) is 1. The maximum Gasteiger partial charge on any atom is 0.0677 e. The molecule has 0 saturated heterocycles. The van der Waals surface area contributed by atoms with Crippen LogP contribution in [0.2, 0.25) is 5.02 Å². The Morgan fingerprint density at radius 1 is 1.48 bits per heavy atom. The summed E-state index contributed by atoms with van der Waals surface area (Å²) >= 11 is 6.29. The van der Waals surface area contributed by atoms with Gasteiger partial charge in [0.25, 0.3) is 0 Å². The molecule has 0 aliphatic heterocycles. The molecule has 2 aromatic heterocycles. The molecule has 0 radical (unpaired) electrons. The van der Waals surface area contributed by atoms with E-state index >= 15 is 0 Å². The van der Waals surface area contributed by atoms with Gasteiger partial charge in [-0.25, -0.2) is 0 Å². The van der Waals surface area contributed by atoms with Crippen molar-refractivity contribution >= 4 is 22.5 Å². The van der Waals surface area contributed by atoms with E-state index in [2.05, 4.69) is 20.9 Å². The van der Waals surface area contributed by atoms with Crippen molar-refractivity contribution in [1.82, 2.24) is 14.9 Å². The predicted octanol–water partition coefficient (Wildman–Crippen LogP) is 3.02. The molecule has 1 aliphatic carbocycles. The summed E-state index contributed by atoms with van der Waals surface area (Å²) in [7, 11) is 1.73. The van der Waals surface area contributed by atoms with E-state index in [0.29, 0.717) is 0 Å². The molecule has 114 valence electrons. The SMILES string of the molecule is COCCCn1cc(Cl)c2cnc(CCNC3CC3)cc21. The van der Waals surface area contributed by atoms with E-state index in [9.17, 15) is 0 Å². The standard InChI is InChI=1S/C16H22ClN3O/c1-21-8-2-7-20-11-15(17)14-10-19-13(9-16(14)20)5-6-18-12-3-4-12/h9-12,18H,2-8H2,1H3. The van der Waals surface area contributed by atoms with Crippen molar-refractivity contribution in [2.45, 2.75) is 38.3 Å². The van der Waals surface area contributed by atoms with Crippen molar-refractivity contribution in [2.24, 2.45) is 0 Å². The van der Waals surface area contributed by atoms with Crippen LogP contribution in [0.25, 0.3) is 10.9 Å². The van der Waals surface area contributed by atoms with E-state index < -0.39 is 0 Å². The highest BCUT2D eigenvalue weighted by Gasteiger charge is 2.19. The van der Waals surface area contributed by atoms with Crippen LogP contribution in [0.5, 0.6) is 0 Å². The zero-order valence-corrected chi connectivity index (χ0v) is 13.2. The van der Waals surface area contributed by atoms with Crippen LogP contribution >= 0.6 is 11.6 Å². The molecule has 1 N–H and O–H groups in total. The Morgan fingerprint density at radius 3 is 3.10 bits per heavy atom. The molecule has 1 aliphatic rings. The third-order valence-corrected chi connectivity index (χ3v) is 4.21. The average Bonchev–Trinajstić information content (AvgIpc) is 3.25. The zero-order chi connectivity index (χ0) is 14.7. The lowest BCUT2D eigenvalue weighted by atomic mass is 10.2. The molecular weight excluding hydrogens is 286 g/mol. The molecule has 0 atom stereocenters. The van der Waals surface area contributed by atoms with Gasteiger partial charge in [0.05, 0.1) is 10.5 Å². The molecule has 0 bridgehead atoms. The molecule has 5 heteroatoms. The summed E-state index contributed by atoms with van der Waals surface area (Å²) in [5, 5.41) is 5.34. The van der Waals surface area contributed by atoms with Crippen LogP contribution in [0.4, 0.5) is 0 Å². The van der Waals surface area contributed by atoms with Crippen LogP contribution in [-0.4, -0.2) is 35.9 Å². The fourth-order valence-corrected chi connectivity index (χ4v) is 2.84. The molecule has 2 heterocycles. The van der Waals surface area contributed by atoms with Gasteiger partial charge in [0.2, 0.25) is 0 Å². The number of aromatic nitrogens is 2. The van der Waals surface area contributed by atoms with Gasteiger partial charge in [0.15, 0.2) is 0 Å². The van der Waals surface area contributed by atoms with E-state index in [1.54, 1.807) is 7.11 Å². The topological polar surface area (TPSA) is 39.1 Å². The molecule has 3 rings (SSSR count). The van der Waals surface area contributed by atoms with Crippen LogP contribution < -0.4 is 5.32 Å². The second kappa shape index (κ2) is 6.77. The van der Waals surface area contributed by atoms with Gasteiger partial charge >= 0.3 is 0 Å². The van der Waals surface area contributed by atoms with Gasteiger partial charge in [-0.1, -0.05) is 11.6 Å². The number of halogens is 1. The second-order valence-electron chi connectivity index (χ2n) is 5.69. The molecule has 21 heavy (non-hydrogen) atoms. The predicted molar refractivity (Wildman–Crippen MR) is 86.0 cm³/mol. The number of hydrogen-bond acceptors (Lipinski definition) is 3. The molecule has 1 fully saturated rings.